The molecule has 0 bridgehead atoms. The Hall–Kier alpha value is -2.74. The second kappa shape index (κ2) is 9.53. The summed E-state index contributed by atoms with van der Waals surface area (Å²) in [6.07, 6.45) is 9.41. The van der Waals surface area contributed by atoms with Crippen LogP contribution in [0.2, 0.25) is 0 Å². The van der Waals surface area contributed by atoms with E-state index < -0.39 is 0 Å². The van der Waals surface area contributed by atoms with Gasteiger partial charge in [-0.25, -0.2) is 4.79 Å². The number of allylic oxidation sites excluding steroid dienone is 2. The molecule has 0 fully saturated rings. The van der Waals surface area contributed by atoms with E-state index in [0.717, 1.165) is 18.4 Å². The SMILES string of the molecule is COc1cc(/C=C/C(=O)OCC2CC=CCC2C)ccc1OCC#N. The van der Waals surface area contributed by atoms with E-state index in [9.17, 15) is 4.79 Å². The van der Waals surface area contributed by atoms with Crippen LogP contribution in [0.5, 0.6) is 11.5 Å². The Kier molecular flexibility index (Phi) is 7.09. The molecule has 5 nitrogen and oxygen atoms in total. The predicted octanol–water partition coefficient (Wildman–Crippen LogP) is 3.76. The molecule has 132 valence electrons. The van der Waals surface area contributed by atoms with E-state index in [1.165, 1.54) is 13.2 Å². The third kappa shape index (κ3) is 5.68. The third-order valence-electron chi connectivity index (χ3n) is 4.25. The number of hydrogen-bond donors (Lipinski definition) is 0. The fourth-order valence-electron chi connectivity index (χ4n) is 2.66. The zero-order valence-electron chi connectivity index (χ0n) is 14.6. The highest BCUT2D eigenvalue weighted by molar-refractivity contribution is 5.87. The molecule has 0 heterocycles. The lowest BCUT2D eigenvalue weighted by molar-refractivity contribution is -0.139. The van der Waals surface area contributed by atoms with Crippen LogP contribution in [0.15, 0.2) is 36.4 Å². The van der Waals surface area contributed by atoms with Gasteiger partial charge in [0.25, 0.3) is 0 Å². The highest BCUT2D eigenvalue weighted by Gasteiger charge is 2.19. The Morgan fingerprint density at radius 3 is 2.84 bits per heavy atom. The molecule has 0 spiro atoms. The molecule has 0 saturated heterocycles. The normalized spacial score (nSPS) is 19.4. The van der Waals surface area contributed by atoms with Gasteiger partial charge in [0, 0.05) is 6.08 Å². The molecule has 1 aliphatic rings. The molecule has 1 aromatic carbocycles. The number of carbonyl (C=O) groups is 1. The number of ether oxygens (including phenoxy) is 3. The number of nitrogens with zero attached hydrogens (tertiary/aromatic N) is 1. The summed E-state index contributed by atoms with van der Waals surface area (Å²) in [4.78, 5) is 11.9. The average Bonchev–Trinajstić information content (AvgIpc) is 2.64. The lowest BCUT2D eigenvalue weighted by Crippen LogP contribution is -2.21. The number of methoxy groups -OCH3 is 1. The third-order valence-corrected chi connectivity index (χ3v) is 4.25. The summed E-state index contributed by atoms with van der Waals surface area (Å²) in [6.45, 7) is 2.58. The van der Waals surface area contributed by atoms with Crippen molar-refractivity contribution in [1.82, 2.24) is 0 Å². The van der Waals surface area contributed by atoms with Crippen molar-refractivity contribution in [3.63, 3.8) is 0 Å². The van der Waals surface area contributed by atoms with Crippen LogP contribution in [-0.4, -0.2) is 26.3 Å². The van der Waals surface area contributed by atoms with Crippen LogP contribution in [0.4, 0.5) is 0 Å². The molecular formula is C20H23NO4. The number of rotatable bonds is 7. The second-order valence-corrected chi connectivity index (χ2v) is 6.00. The minimum absolute atomic E-state index is 0.0490. The fourth-order valence-corrected chi connectivity index (χ4v) is 2.66. The molecule has 0 aromatic heterocycles. The van der Waals surface area contributed by atoms with Gasteiger partial charge in [0.2, 0.25) is 0 Å². The summed E-state index contributed by atoms with van der Waals surface area (Å²) in [7, 11) is 1.52. The van der Waals surface area contributed by atoms with E-state index >= 15 is 0 Å². The van der Waals surface area contributed by atoms with Crippen molar-refractivity contribution in [3.05, 3.63) is 42.0 Å². The number of carbonyl (C=O) groups excluding carboxylic acids is 1. The van der Waals surface area contributed by atoms with Crippen LogP contribution in [0.3, 0.4) is 0 Å². The molecule has 2 rings (SSSR count). The average molecular weight is 341 g/mol. The van der Waals surface area contributed by atoms with E-state index in [-0.39, 0.29) is 12.6 Å². The van der Waals surface area contributed by atoms with Crippen LogP contribution >= 0.6 is 0 Å². The van der Waals surface area contributed by atoms with E-state index in [1.807, 2.05) is 6.07 Å². The first kappa shape index (κ1) is 18.6. The van der Waals surface area contributed by atoms with Crippen LogP contribution in [0.1, 0.15) is 25.3 Å². The summed E-state index contributed by atoms with van der Waals surface area (Å²) in [5.74, 6) is 1.56. The summed E-state index contributed by atoms with van der Waals surface area (Å²) in [5, 5.41) is 8.57. The lowest BCUT2D eigenvalue weighted by atomic mass is 9.85. The van der Waals surface area contributed by atoms with E-state index in [2.05, 4.69) is 19.1 Å². The molecular weight excluding hydrogens is 318 g/mol. The largest absolute Gasteiger partial charge is 0.493 e. The van der Waals surface area contributed by atoms with Crippen LogP contribution in [-0.2, 0) is 9.53 Å². The van der Waals surface area contributed by atoms with Gasteiger partial charge in [-0.15, -0.1) is 0 Å². The molecule has 1 aliphatic carbocycles. The van der Waals surface area contributed by atoms with E-state index in [0.29, 0.717) is 29.9 Å². The topological polar surface area (TPSA) is 68.6 Å². The van der Waals surface area contributed by atoms with E-state index in [1.54, 1.807) is 24.3 Å². The maximum atomic E-state index is 11.9. The molecule has 1 aromatic rings. The van der Waals surface area contributed by atoms with Crippen molar-refractivity contribution in [2.75, 3.05) is 20.3 Å². The summed E-state index contributed by atoms with van der Waals surface area (Å²) < 4.78 is 15.9. The van der Waals surface area contributed by atoms with Gasteiger partial charge in [0.15, 0.2) is 18.1 Å². The zero-order valence-corrected chi connectivity index (χ0v) is 14.6. The maximum absolute atomic E-state index is 11.9. The highest BCUT2D eigenvalue weighted by Crippen LogP contribution is 2.28. The van der Waals surface area contributed by atoms with Crippen molar-refractivity contribution >= 4 is 12.0 Å². The second-order valence-electron chi connectivity index (χ2n) is 6.00. The first-order valence-electron chi connectivity index (χ1n) is 8.31. The van der Waals surface area contributed by atoms with Gasteiger partial charge in [0.05, 0.1) is 13.7 Å². The molecule has 0 N–H and O–H groups in total. The maximum Gasteiger partial charge on any atom is 0.330 e. The first-order chi connectivity index (χ1) is 12.1. The van der Waals surface area contributed by atoms with Crippen molar-refractivity contribution in [2.24, 2.45) is 11.8 Å². The molecule has 25 heavy (non-hydrogen) atoms. The highest BCUT2D eigenvalue weighted by atomic mass is 16.5. The first-order valence-corrected chi connectivity index (χ1v) is 8.31. The lowest BCUT2D eigenvalue weighted by Gasteiger charge is -2.24. The van der Waals surface area contributed by atoms with Crippen molar-refractivity contribution < 1.29 is 19.0 Å². The quantitative estimate of drug-likeness (QED) is 0.429. The van der Waals surface area contributed by atoms with Gasteiger partial charge in [-0.05, 0) is 48.4 Å². The smallest absolute Gasteiger partial charge is 0.330 e. The minimum Gasteiger partial charge on any atom is -0.493 e. The summed E-state index contributed by atoms with van der Waals surface area (Å²) >= 11 is 0. The van der Waals surface area contributed by atoms with Gasteiger partial charge in [-0.2, -0.15) is 5.26 Å². The standard InChI is InChI=1S/C20H23NO4/c1-15-5-3-4-6-17(15)14-25-20(22)10-8-16-7-9-18(24-12-11-21)19(13-16)23-2/h3-4,7-10,13,15,17H,5-6,12,14H2,1-2H3/b10-8+. The molecule has 5 heteroatoms. The zero-order chi connectivity index (χ0) is 18.1. The Balaban J connectivity index is 1.90. The van der Waals surface area contributed by atoms with Crippen LogP contribution in [0, 0.1) is 23.2 Å². The van der Waals surface area contributed by atoms with Crippen LogP contribution < -0.4 is 9.47 Å². The van der Waals surface area contributed by atoms with Gasteiger partial charge in [0.1, 0.15) is 6.07 Å². The van der Waals surface area contributed by atoms with Crippen molar-refractivity contribution in [2.45, 2.75) is 19.8 Å². The van der Waals surface area contributed by atoms with Gasteiger partial charge in [-0.1, -0.05) is 25.1 Å². The number of nitriles is 1. The Bertz CT molecular complexity index is 687. The molecule has 0 saturated carbocycles. The van der Waals surface area contributed by atoms with Crippen molar-refractivity contribution in [1.29, 1.82) is 5.26 Å². The number of hydrogen-bond acceptors (Lipinski definition) is 5. The molecule has 0 aliphatic heterocycles. The molecule has 2 unspecified atom stereocenters. The van der Waals surface area contributed by atoms with Crippen LogP contribution in [0.25, 0.3) is 6.08 Å². The van der Waals surface area contributed by atoms with Gasteiger partial charge < -0.3 is 14.2 Å². The van der Waals surface area contributed by atoms with Gasteiger partial charge in [-0.3, -0.25) is 0 Å². The minimum atomic E-state index is -0.356. The predicted molar refractivity (Wildman–Crippen MR) is 95.1 cm³/mol. The van der Waals surface area contributed by atoms with Gasteiger partial charge >= 0.3 is 5.97 Å². The Morgan fingerprint density at radius 2 is 2.12 bits per heavy atom. The Labute approximate surface area is 148 Å². The summed E-state index contributed by atoms with van der Waals surface area (Å²) in [6, 6.07) is 7.14. The Morgan fingerprint density at radius 1 is 1.32 bits per heavy atom. The fraction of sp³-hybridized carbons (Fsp3) is 0.400. The van der Waals surface area contributed by atoms with E-state index in [4.69, 9.17) is 19.5 Å². The van der Waals surface area contributed by atoms with Crippen molar-refractivity contribution in [3.8, 4) is 17.6 Å². The monoisotopic (exact) mass is 341 g/mol. The summed E-state index contributed by atoms with van der Waals surface area (Å²) in [5.41, 5.74) is 0.784. The molecule has 0 amide bonds. The number of benzene rings is 1. The number of esters is 1. The molecule has 2 atom stereocenters. The molecule has 0 radical (unpaired) electrons.